The maximum absolute atomic E-state index is 12.1. The molecule has 1 aliphatic rings. The molecule has 0 bridgehead atoms. The molecular weight excluding hydrogens is 533 g/mol. The third-order valence-electron chi connectivity index (χ3n) is 5.66. The van der Waals surface area contributed by atoms with Crippen molar-refractivity contribution in [3.8, 4) is 5.75 Å². The summed E-state index contributed by atoms with van der Waals surface area (Å²) in [6.07, 6.45) is 4.81. The van der Waals surface area contributed by atoms with E-state index in [9.17, 15) is 4.79 Å². The summed E-state index contributed by atoms with van der Waals surface area (Å²) in [6.45, 7) is 3.51. The fourth-order valence-electron chi connectivity index (χ4n) is 3.85. The molecule has 3 rings (SSSR count). The Morgan fingerprint density at radius 1 is 1.18 bits per heavy atom. The van der Waals surface area contributed by atoms with E-state index >= 15 is 0 Å². The van der Waals surface area contributed by atoms with E-state index < -0.39 is 0 Å². The number of likely N-dealkylation sites (N-methyl/N-ethyl adjacent to an activating group) is 1. The molecular formula is C24H36IN5O3. The van der Waals surface area contributed by atoms with E-state index in [-0.39, 0.29) is 42.5 Å². The van der Waals surface area contributed by atoms with Gasteiger partial charge in [0.05, 0.1) is 19.4 Å². The lowest BCUT2D eigenvalue weighted by Gasteiger charge is -2.30. The average molecular weight is 569 g/mol. The number of para-hydroxylation sites is 1. The minimum absolute atomic E-state index is 0. The highest BCUT2D eigenvalue weighted by Crippen LogP contribution is 2.31. The highest BCUT2D eigenvalue weighted by Gasteiger charge is 2.26. The number of methoxy groups -OCH3 is 1. The molecule has 1 aromatic carbocycles. The number of guanidine groups is 1. The van der Waals surface area contributed by atoms with Gasteiger partial charge in [-0.1, -0.05) is 18.2 Å². The van der Waals surface area contributed by atoms with Crippen LogP contribution in [0.15, 0.2) is 52.1 Å². The van der Waals surface area contributed by atoms with E-state index in [1.165, 1.54) is 12.8 Å². The number of benzene rings is 1. The molecule has 0 spiro atoms. The Balaban J connectivity index is 0.00000385. The van der Waals surface area contributed by atoms with Crippen LogP contribution in [0.3, 0.4) is 0 Å². The van der Waals surface area contributed by atoms with Crippen LogP contribution < -0.4 is 15.4 Å². The van der Waals surface area contributed by atoms with E-state index in [2.05, 4.69) is 26.6 Å². The molecule has 2 N–H and O–H groups in total. The van der Waals surface area contributed by atoms with Crippen molar-refractivity contribution in [3.05, 3.63) is 54.0 Å². The summed E-state index contributed by atoms with van der Waals surface area (Å²) in [7, 11) is 5.18. The van der Waals surface area contributed by atoms with Crippen molar-refractivity contribution in [2.75, 3.05) is 53.9 Å². The first kappa shape index (κ1) is 27.0. The van der Waals surface area contributed by atoms with E-state index in [4.69, 9.17) is 9.15 Å². The van der Waals surface area contributed by atoms with Crippen LogP contribution in [-0.2, 0) is 11.2 Å². The topological polar surface area (TPSA) is 82.3 Å². The normalized spacial score (nSPS) is 14.9. The lowest BCUT2D eigenvalue weighted by molar-refractivity contribution is -0.127. The van der Waals surface area contributed by atoms with Gasteiger partial charge in [-0.2, -0.15) is 0 Å². The van der Waals surface area contributed by atoms with Crippen LogP contribution in [0.25, 0.3) is 0 Å². The largest absolute Gasteiger partial charge is 0.496 e. The smallest absolute Gasteiger partial charge is 0.243 e. The predicted octanol–water partition coefficient (Wildman–Crippen LogP) is 2.91. The van der Waals surface area contributed by atoms with Crippen molar-refractivity contribution < 1.29 is 13.9 Å². The number of ether oxygens (including phenoxy) is 1. The number of halogens is 1. The second-order valence-electron chi connectivity index (χ2n) is 8.09. The van der Waals surface area contributed by atoms with Crippen LogP contribution in [0.2, 0.25) is 0 Å². The van der Waals surface area contributed by atoms with Gasteiger partial charge in [-0.3, -0.25) is 9.69 Å². The number of amides is 1. The molecule has 1 atom stereocenters. The Kier molecular flexibility index (Phi) is 11.5. The molecule has 182 valence electrons. The standard InChI is InChI=1S/C24H35N5O3.HI/c1-28(2)23(30)18-27-24(25-13-12-19-9-8-16-32-19)26-17-21(29-14-6-7-15-29)20-10-4-5-11-22(20)31-3;/h4-5,8-11,16,21H,6-7,12-15,17-18H2,1-3H3,(H2,25,26,27);1H. The highest BCUT2D eigenvalue weighted by atomic mass is 127. The monoisotopic (exact) mass is 569 g/mol. The van der Waals surface area contributed by atoms with Crippen molar-refractivity contribution in [2.24, 2.45) is 4.99 Å². The number of furan rings is 1. The molecule has 1 aliphatic heterocycles. The fourth-order valence-corrected chi connectivity index (χ4v) is 3.85. The Morgan fingerprint density at radius 2 is 1.94 bits per heavy atom. The number of rotatable bonds is 10. The van der Waals surface area contributed by atoms with Gasteiger partial charge in [0.2, 0.25) is 5.91 Å². The summed E-state index contributed by atoms with van der Waals surface area (Å²) in [5.41, 5.74) is 1.16. The van der Waals surface area contributed by atoms with E-state index in [0.29, 0.717) is 19.0 Å². The molecule has 1 unspecified atom stereocenters. The summed E-state index contributed by atoms with van der Waals surface area (Å²) < 4.78 is 11.1. The molecule has 9 heteroatoms. The third kappa shape index (κ3) is 8.22. The average Bonchev–Trinajstić information content (AvgIpc) is 3.51. The van der Waals surface area contributed by atoms with Crippen LogP contribution in [0.5, 0.6) is 5.75 Å². The number of likely N-dealkylation sites (tertiary alicyclic amines) is 1. The van der Waals surface area contributed by atoms with Gasteiger partial charge in [-0.15, -0.1) is 24.0 Å². The second-order valence-corrected chi connectivity index (χ2v) is 8.09. The summed E-state index contributed by atoms with van der Waals surface area (Å²) >= 11 is 0. The number of nitrogens with zero attached hydrogens (tertiary/aromatic N) is 3. The number of aliphatic imine (C=N–C) groups is 1. The van der Waals surface area contributed by atoms with Gasteiger partial charge in [0, 0.05) is 39.2 Å². The molecule has 0 radical (unpaired) electrons. The molecule has 2 heterocycles. The zero-order valence-corrected chi connectivity index (χ0v) is 22.1. The Hall–Kier alpha value is -2.27. The molecule has 1 saturated heterocycles. The summed E-state index contributed by atoms with van der Waals surface area (Å²) in [4.78, 5) is 20.6. The lowest BCUT2D eigenvalue weighted by Crippen LogP contribution is -2.44. The Labute approximate surface area is 213 Å². The number of carbonyl (C=O) groups excluding carboxylic acids is 1. The van der Waals surface area contributed by atoms with Gasteiger partial charge in [-0.25, -0.2) is 4.99 Å². The molecule has 1 fully saturated rings. The van der Waals surface area contributed by atoms with Crippen LogP contribution in [-0.4, -0.2) is 75.6 Å². The predicted molar refractivity (Wildman–Crippen MR) is 141 cm³/mol. The maximum atomic E-state index is 12.1. The highest BCUT2D eigenvalue weighted by molar-refractivity contribution is 14.0. The van der Waals surface area contributed by atoms with Gasteiger partial charge in [-0.05, 0) is 44.1 Å². The SMILES string of the molecule is COc1ccccc1C(CNC(=NCC(=O)N(C)C)NCCc1ccco1)N1CCCC1.I. The minimum Gasteiger partial charge on any atom is -0.496 e. The quantitative estimate of drug-likeness (QED) is 0.260. The van der Waals surface area contributed by atoms with Crippen LogP contribution in [0, 0.1) is 0 Å². The zero-order chi connectivity index (χ0) is 22.8. The molecule has 0 saturated carbocycles. The van der Waals surface area contributed by atoms with Gasteiger partial charge in [0.1, 0.15) is 18.1 Å². The molecule has 2 aromatic rings. The summed E-state index contributed by atoms with van der Waals surface area (Å²) in [6, 6.07) is 12.2. The van der Waals surface area contributed by atoms with Crippen molar-refractivity contribution >= 4 is 35.8 Å². The number of nitrogens with one attached hydrogen (secondary N) is 2. The zero-order valence-electron chi connectivity index (χ0n) is 19.8. The number of hydrogen-bond acceptors (Lipinski definition) is 5. The van der Waals surface area contributed by atoms with Crippen LogP contribution >= 0.6 is 24.0 Å². The van der Waals surface area contributed by atoms with E-state index in [0.717, 1.165) is 36.6 Å². The maximum Gasteiger partial charge on any atom is 0.243 e. The first-order valence-electron chi connectivity index (χ1n) is 11.2. The molecule has 1 aromatic heterocycles. The van der Waals surface area contributed by atoms with Crippen LogP contribution in [0.4, 0.5) is 0 Å². The second kappa shape index (κ2) is 14.1. The van der Waals surface area contributed by atoms with Gasteiger partial charge < -0.3 is 24.7 Å². The molecule has 1 amide bonds. The fraction of sp³-hybridized carbons (Fsp3) is 0.500. The summed E-state index contributed by atoms with van der Waals surface area (Å²) in [5.74, 6) is 2.37. The van der Waals surface area contributed by atoms with Crippen LogP contribution in [0.1, 0.15) is 30.2 Å². The van der Waals surface area contributed by atoms with Gasteiger partial charge >= 0.3 is 0 Å². The Bertz CT molecular complexity index is 867. The number of carbonyl (C=O) groups is 1. The molecule has 0 aliphatic carbocycles. The van der Waals surface area contributed by atoms with Crippen molar-refractivity contribution in [1.29, 1.82) is 0 Å². The third-order valence-corrected chi connectivity index (χ3v) is 5.66. The Morgan fingerprint density at radius 3 is 2.61 bits per heavy atom. The first-order chi connectivity index (χ1) is 15.6. The first-order valence-corrected chi connectivity index (χ1v) is 11.2. The van der Waals surface area contributed by atoms with Crippen molar-refractivity contribution in [3.63, 3.8) is 0 Å². The molecule has 33 heavy (non-hydrogen) atoms. The lowest BCUT2D eigenvalue weighted by atomic mass is 10.0. The molecule has 8 nitrogen and oxygen atoms in total. The van der Waals surface area contributed by atoms with Crippen molar-refractivity contribution in [2.45, 2.75) is 25.3 Å². The van der Waals surface area contributed by atoms with E-state index in [1.807, 2.05) is 30.3 Å². The minimum atomic E-state index is -0.0436. The van der Waals surface area contributed by atoms with Crippen molar-refractivity contribution in [1.82, 2.24) is 20.4 Å². The van der Waals surface area contributed by atoms with Gasteiger partial charge in [0.15, 0.2) is 5.96 Å². The number of hydrogen-bond donors (Lipinski definition) is 2. The van der Waals surface area contributed by atoms with E-state index in [1.54, 1.807) is 32.4 Å². The van der Waals surface area contributed by atoms with Gasteiger partial charge in [0.25, 0.3) is 0 Å². The summed E-state index contributed by atoms with van der Waals surface area (Å²) in [5, 5.41) is 6.80.